The van der Waals surface area contributed by atoms with E-state index in [0.29, 0.717) is 6.54 Å². The number of nitrogens with zero attached hydrogens (tertiary/aromatic N) is 3. The molecule has 0 aliphatic carbocycles. The van der Waals surface area contributed by atoms with Gasteiger partial charge in [-0.15, -0.1) is 0 Å². The molecule has 1 amide bonds. The van der Waals surface area contributed by atoms with Gasteiger partial charge in [0.25, 0.3) is 0 Å². The molecule has 0 bridgehead atoms. The normalized spacial score (nSPS) is 19.0. The van der Waals surface area contributed by atoms with E-state index in [2.05, 4.69) is 20.5 Å². The number of carbonyl (C=O) groups excluding carboxylic acids is 1. The molecule has 3 rings (SSSR count). The molecular formula is C19H25F2N5O. The van der Waals surface area contributed by atoms with Gasteiger partial charge in [0.1, 0.15) is 17.5 Å². The molecule has 6 nitrogen and oxygen atoms in total. The van der Waals surface area contributed by atoms with Crippen molar-refractivity contribution in [1.29, 1.82) is 0 Å². The van der Waals surface area contributed by atoms with Crippen molar-refractivity contribution in [3.05, 3.63) is 53.6 Å². The highest BCUT2D eigenvalue weighted by atomic mass is 19.1. The second-order valence-corrected chi connectivity index (χ2v) is 6.96. The number of carbonyl (C=O) groups is 1. The average molecular weight is 377 g/mol. The van der Waals surface area contributed by atoms with Crippen molar-refractivity contribution in [3.63, 3.8) is 0 Å². The van der Waals surface area contributed by atoms with Gasteiger partial charge < -0.3 is 15.2 Å². The Kier molecular flexibility index (Phi) is 6.18. The number of piperazine rings is 1. The fraction of sp³-hybridized carbons (Fsp3) is 0.474. The van der Waals surface area contributed by atoms with E-state index in [1.165, 1.54) is 18.2 Å². The molecule has 1 aromatic carbocycles. The van der Waals surface area contributed by atoms with E-state index in [4.69, 9.17) is 0 Å². The smallest absolute Gasteiger partial charge is 0.234 e. The molecule has 2 aromatic rings. The molecule has 0 saturated carbocycles. The monoisotopic (exact) mass is 377 g/mol. The van der Waals surface area contributed by atoms with Gasteiger partial charge in [-0.25, -0.2) is 13.8 Å². The predicted molar refractivity (Wildman–Crippen MR) is 98.1 cm³/mol. The van der Waals surface area contributed by atoms with E-state index < -0.39 is 11.6 Å². The molecule has 2 atom stereocenters. The Balaban J connectivity index is 1.60. The van der Waals surface area contributed by atoms with E-state index in [9.17, 15) is 13.6 Å². The Morgan fingerprint density at radius 2 is 2.15 bits per heavy atom. The van der Waals surface area contributed by atoms with Gasteiger partial charge in [0.05, 0.1) is 12.6 Å². The Morgan fingerprint density at radius 3 is 2.81 bits per heavy atom. The summed E-state index contributed by atoms with van der Waals surface area (Å²) in [5.74, 6) is -0.446. The maximum atomic E-state index is 13.8. The maximum Gasteiger partial charge on any atom is 0.234 e. The average Bonchev–Trinajstić information content (AvgIpc) is 3.04. The molecule has 27 heavy (non-hydrogen) atoms. The zero-order valence-corrected chi connectivity index (χ0v) is 15.6. The first-order valence-corrected chi connectivity index (χ1v) is 9.10. The first kappa shape index (κ1) is 19.4. The van der Waals surface area contributed by atoms with E-state index in [0.717, 1.165) is 18.9 Å². The first-order valence-electron chi connectivity index (χ1n) is 9.10. The summed E-state index contributed by atoms with van der Waals surface area (Å²) >= 11 is 0. The number of benzene rings is 1. The standard InChI is InChI=1S/C19H25F2N5O/c1-13(10-14-15(20)4-3-5-16(14)21)24-18(27)12-26-9-6-22-11-17(26)19-23-7-8-25(19)2/h3-5,7-8,13,17,22H,6,9-12H2,1-2H3,(H,24,27). The second kappa shape index (κ2) is 8.58. The van der Waals surface area contributed by atoms with Crippen LogP contribution in [0, 0.1) is 11.6 Å². The number of hydrogen-bond donors (Lipinski definition) is 2. The Labute approximate surface area is 157 Å². The van der Waals surface area contributed by atoms with E-state index in [-0.39, 0.29) is 36.5 Å². The summed E-state index contributed by atoms with van der Waals surface area (Å²) in [7, 11) is 1.93. The third-order valence-electron chi connectivity index (χ3n) is 4.84. The van der Waals surface area contributed by atoms with Gasteiger partial charge in [-0.1, -0.05) is 6.07 Å². The number of amides is 1. The van der Waals surface area contributed by atoms with Crippen LogP contribution in [0.2, 0.25) is 0 Å². The van der Waals surface area contributed by atoms with Crippen molar-refractivity contribution in [2.75, 3.05) is 26.2 Å². The van der Waals surface area contributed by atoms with Crippen LogP contribution in [0.3, 0.4) is 0 Å². The zero-order chi connectivity index (χ0) is 19.4. The van der Waals surface area contributed by atoms with Crippen molar-refractivity contribution in [2.45, 2.75) is 25.4 Å². The summed E-state index contributed by atoms with van der Waals surface area (Å²) in [5, 5.41) is 6.18. The van der Waals surface area contributed by atoms with Crippen LogP contribution < -0.4 is 10.6 Å². The van der Waals surface area contributed by atoms with Crippen molar-refractivity contribution in [2.24, 2.45) is 7.05 Å². The predicted octanol–water partition coefficient (Wildman–Crippen LogP) is 1.39. The SMILES string of the molecule is CC(Cc1c(F)cccc1F)NC(=O)CN1CCNCC1c1nccn1C. The van der Waals surface area contributed by atoms with Crippen molar-refractivity contribution in [1.82, 2.24) is 25.1 Å². The Bertz CT molecular complexity index is 774. The topological polar surface area (TPSA) is 62.2 Å². The largest absolute Gasteiger partial charge is 0.352 e. The summed E-state index contributed by atoms with van der Waals surface area (Å²) in [6, 6.07) is 3.41. The molecule has 1 aliphatic heterocycles. The molecule has 1 saturated heterocycles. The molecule has 2 N–H and O–H groups in total. The highest BCUT2D eigenvalue weighted by molar-refractivity contribution is 5.78. The fourth-order valence-electron chi connectivity index (χ4n) is 3.48. The highest BCUT2D eigenvalue weighted by Gasteiger charge is 2.28. The fourth-order valence-corrected chi connectivity index (χ4v) is 3.48. The van der Waals surface area contributed by atoms with Crippen LogP contribution in [-0.2, 0) is 18.3 Å². The van der Waals surface area contributed by atoms with Crippen LogP contribution in [0.15, 0.2) is 30.6 Å². The lowest BCUT2D eigenvalue weighted by atomic mass is 10.1. The first-order chi connectivity index (χ1) is 13.0. The summed E-state index contributed by atoms with van der Waals surface area (Å²) in [6.45, 7) is 4.20. The number of hydrogen-bond acceptors (Lipinski definition) is 4. The Morgan fingerprint density at radius 1 is 1.41 bits per heavy atom. The van der Waals surface area contributed by atoms with Gasteiger partial charge in [0.2, 0.25) is 5.91 Å². The van der Waals surface area contributed by atoms with E-state index in [1.54, 1.807) is 13.1 Å². The minimum Gasteiger partial charge on any atom is -0.352 e. The van der Waals surface area contributed by atoms with Gasteiger partial charge in [-0.3, -0.25) is 9.69 Å². The van der Waals surface area contributed by atoms with E-state index in [1.807, 2.05) is 17.8 Å². The van der Waals surface area contributed by atoms with Gasteiger partial charge in [-0.05, 0) is 25.5 Å². The minimum absolute atomic E-state index is 0.00152. The van der Waals surface area contributed by atoms with Crippen LogP contribution in [0.25, 0.3) is 0 Å². The van der Waals surface area contributed by atoms with Gasteiger partial charge in [0.15, 0.2) is 0 Å². The molecule has 2 unspecified atom stereocenters. The van der Waals surface area contributed by atoms with E-state index >= 15 is 0 Å². The number of aryl methyl sites for hydroxylation is 1. The molecule has 0 spiro atoms. The summed E-state index contributed by atoms with van der Waals surface area (Å²) in [5.41, 5.74) is -0.00152. The molecule has 146 valence electrons. The number of aromatic nitrogens is 2. The lowest BCUT2D eigenvalue weighted by Crippen LogP contribution is -2.51. The number of rotatable bonds is 6. The molecule has 1 aromatic heterocycles. The molecule has 1 fully saturated rings. The van der Waals surface area contributed by atoms with Crippen molar-refractivity contribution >= 4 is 5.91 Å². The van der Waals surface area contributed by atoms with Crippen molar-refractivity contribution in [3.8, 4) is 0 Å². The quantitative estimate of drug-likeness (QED) is 0.799. The van der Waals surface area contributed by atoms with Crippen LogP contribution >= 0.6 is 0 Å². The minimum atomic E-state index is -0.590. The van der Waals surface area contributed by atoms with Gasteiger partial charge in [0, 0.05) is 50.7 Å². The molecule has 2 heterocycles. The summed E-state index contributed by atoms with van der Waals surface area (Å²) in [6.07, 6.45) is 3.73. The van der Waals surface area contributed by atoms with Crippen LogP contribution in [0.1, 0.15) is 24.4 Å². The summed E-state index contributed by atoms with van der Waals surface area (Å²) in [4.78, 5) is 19.0. The van der Waals surface area contributed by atoms with Crippen molar-refractivity contribution < 1.29 is 13.6 Å². The second-order valence-electron chi connectivity index (χ2n) is 6.96. The molecular weight excluding hydrogens is 352 g/mol. The number of halogens is 2. The molecule has 8 heteroatoms. The number of nitrogens with one attached hydrogen (secondary N) is 2. The lowest BCUT2D eigenvalue weighted by molar-refractivity contribution is -0.123. The van der Waals surface area contributed by atoms with Crippen LogP contribution in [0.4, 0.5) is 8.78 Å². The summed E-state index contributed by atoms with van der Waals surface area (Å²) < 4.78 is 29.5. The van der Waals surface area contributed by atoms with Gasteiger partial charge >= 0.3 is 0 Å². The maximum absolute atomic E-state index is 13.8. The highest BCUT2D eigenvalue weighted by Crippen LogP contribution is 2.20. The lowest BCUT2D eigenvalue weighted by Gasteiger charge is -2.35. The molecule has 0 radical (unpaired) electrons. The molecule has 1 aliphatic rings. The zero-order valence-electron chi connectivity index (χ0n) is 15.6. The Hall–Kier alpha value is -2.32. The van der Waals surface area contributed by atoms with Crippen LogP contribution in [-0.4, -0.2) is 52.6 Å². The third kappa shape index (κ3) is 4.70. The van der Waals surface area contributed by atoms with Gasteiger partial charge in [-0.2, -0.15) is 0 Å². The van der Waals surface area contributed by atoms with Crippen LogP contribution in [0.5, 0.6) is 0 Å². The third-order valence-corrected chi connectivity index (χ3v) is 4.84. The number of imidazole rings is 1.